The predicted octanol–water partition coefficient (Wildman–Crippen LogP) is 6.24. The first-order valence-electron chi connectivity index (χ1n) is 8.67. The van der Waals surface area contributed by atoms with Crippen molar-refractivity contribution in [3.63, 3.8) is 0 Å². The van der Waals surface area contributed by atoms with E-state index in [9.17, 15) is 4.79 Å². The summed E-state index contributed by atoms with van der Waals surface area (Å²) in [5.41, 5.74) is 0. The molecule has 0 aliphatic heterocycles. The van der Waals surface area contributed by atoms with E-state index in [0.717, 1.165) is 12.8 Å². The number of carbonyl (C=O) groups is 1. The quantitative estimate of drug-likeness (QED) is 0.320. The molecule has 0 fully saturated rings. The lowest BCUT2D eigenvalue weighted by atomic mass is 10.2. The van der Waals surface area contributed by atoms with Crippen LogP contribution >= 0.6 is 0 Å². The Morgan fingerprint density at radius 3 is 1.61 bits per heavy atom. The van der Waals surface area contributed by atoms with Crippen molar-refractivity contribution < 1.29 is 13.6 Å². The second kappa shape index (κ2) is 7.55. The smallest absolute Gasteiger partial charge is 0.358 e. The van der Waals surface area contributed by atoms with Crippen LogP contribution in [0.3, 0.4) is 0 Å². The van der Waals surface area contributed by atoms with Gasteiger partial charge in [0.25, 0.3) is 16.6 Å². The van der Waals surface area contributed by atoms with Crippen LogP contribution in [0.5, 0.6) is 0 Å². The van der Waals surface area contributed by atoms with Gasteiger partial charge in [0, 0.05) is 0 Å². The molecule has 0 aromatic carbocycles. The zero-order valence-electron chi connectivity index (χ0n) is 17.2. The molecule has 0 aliphatic carbocycles. The third kappa shape index (κ3) is 6.45. The van der Waals surface area contributed by atoms with Gasteiger partial charge in [0.1, 0.15) is 0 Å². The minimum Gasteiger partial charge on any atom is -0.539 e. The van der Waals surface area contributed by atoms with Gasteiger partial charge in [0.15, 0.2) is 5.76 Å². The van der Waals surface area contributed by atoms with Crippen LogP contribution < -0.4 is 0 Å². The molecule has 0 saturated heterocycles. The topological polar surface area (TPSA) is 35.5 Å². The summed E-state index contributed by atoms with van der Waals surface area (Å²) in [5.74, 6) is 0.137. The maximum atomic E-state index is 12.8. The third-order valence-electron chi connectivity index (χ3n) is 5.14. The molecule has 0 radical (unpaired) electrons. The first kappa shape index (κ1) is 22.4. The second-order valence-electron chi connectivity index (χ2n) is 9.37. The van der Waals surface area contributed by atoms with Gasteiger partial charge in [0.05, 0.1) is 0 Å². The van der Waals surface area contributed by atoms with Gasteiger partial charge in [-0.3, -0.25) is 0 Å². The number of unbranched alkanes of at least 4 members (excludes halogenated alkanes) is 1. The van der Waals surface area contributed by atoms with E-state index in [1.54, 1.807) is 0 Å². The monoisotopic (exact) mass is 358 g/mol. The maximum Gasteiger partial charge on any atom is 0.358 e. The van der Waals surface area contributed by atoms with Gasteiger partial charge < -0.3 is 8.85 Å². The number of allylic oxidation sites excluding steroid dienone is 1. The molecule has 23 heavy (non-hydrogen) atoms. The fourth-order valence-corrected chi connectivity index (χ4v) is 3.20. The maximum absolute atomic E-state index is 12.8. The van der Waals surface area contributed by atoms with Crippen molar-refractivity contribution in [3.05, 3.63) is 11.8 Å². The van der Waals surface area contributed by atoms with E-state index in [1.807, 2.05) is 6.08 Å². The lowest BCUT2D eigenvalue weighted by molar-refractivity contribution is -0.133. The summed E-state index contributed by atoms with van der Waals surface area (Å²) in [6, 6.07) is 0. The van der Waals surface area contributed by atoms with Crippen molar-refractivity contribution in [2.75, 3.05) is 0 Å². The molecule has 0 amide bonds. The zero-order chi connectivity index (χ0) is 18.7. The Labute approximate surface area is 146 Å². The Morgan fingerprint density at radius 2 is 1.26 bits per heavy atom. The van der Waals surface area contributed by atoms with Crippen molar-refractivity contribution >= 4 is 22.6 Å². The number of rotatable bonds is 6. The van der Waals surface area contributed by atoms with Crippen LogP contribution in [0.15, 0.2) is 11.8 Å². The van der Waals surface area contributed by atoms with Gasteiger partial charge in [0.2, 0.25) is 0 Å². The molecular formula is C18H38O3Si2. The SMILES string of the molecule is CCC/C=C(\O[Si](C)(C)C(C)(C)C)C(=O)O[Si](C)(C)C(C)(C)C. The van der Waals surface area contributed by atoms with Gasteiger partial charge in [-0.1, -0.05) is 54.9 Å². The average molecular weight is 359 g/mol. The summed E-state index contributed by atoms with van der Waals surface area (Å²) in [6.07, 6.45) is 3.73. The Morgan fingerprint density at radius 1 is 0.870 bits per heavy atom. The van der Waals surface area contributed by atoms with E-state index >= 15 is 0 Å². The average Bonchev–Trinajstić information content (AvgIpc) is 2.30. The molecule has 0 spiro atoms. The Balaban J connectivity index is 5.41. The Hall–Kier alpha value is -0.556. The van der Waals surface area contributed by atoms with Crippen LogP contribution in [-0.4, -0.2) is 22.6 Å². The van der Waals surface area contributed by atoms with Crippen molar-refractivity contribution in [3.8, 4) is 0 Å². The van der Waals surface area contributed by atoms with Crippen molar-refractivity contribution in [2.45, 2.75) is 97.6 Å². The molecule has 3 nitrogen and oxygen atoms in total. The molecule has 0 saturated carbocycles. The van der Waals surface area contributed by atoms with E-state index in [4.69, 9.17) is 8.85 Å². The van der Waals surface area contributed by atoms with Gasteiger partial charge >= 0.3 is 5.97 Å². The van der Waals surface area contributed by atoms with Crippen LogP contribution in [0.25, 0.3) is 0 Å². The van der Waals surface area contributed by atoms with Crippen molar-refractivity contribution in [1.82, 2.24) is 0 Å². The summed E-state index contributed by atoms with van der Waals surface area (Å²) >= 11 is 0. The van der Waals surface area contributed by atoms with Crippen LogP contribution in [0, 0.1) is 0 Å². The number of hydrogen-bond donors (Lipinski definition) is 0. The molecule has 0 rings (SSSR count). The number of carbonyl (C=O) groups excluding carboxylic acids is 1. The predicted molar refractivity (Wildman–Crippen MR) is 105 cm³/mol. The lowest BCUT2D eigenvalue weighted by Gasteiger charge is -2.39. The molecule has 0 N–H and O–H groups in total. The van der Waals surface area contributed by atoms with Crippen LogP contribution in [0.1, 0.15) is 61.3 Å². The second-order valence-corrected chi connectivity index (χ2v) is 18.8. The lowest BCUT2D eigenvalue weighted by Crippen LogP contribution is -2.45. The van der Waals surface area contributed by atoms with E-state index < -0.39 is 16.6 Å². The minimum absolute atomic E-state index is 0.00446. The first-order chi connectivity index (χ1) is 10.0. The van der Waals surface area contributed by atoms with E-state index in [2.05, 4.69) is 74.7 Å². The molecule has 136 valence electrons. The Bertz CT molecular complexity index is 438. The molecule has 0 aromatic heterocycles. The van der Waals surface area contributed by atoms with Gasteiger partial charge in [-0.15, -0.1) is 0 Å². The number of hydrogen-bond acceptors (Lipinski definition) is 3. The van der Waals surface area contributed by atoms with Crippen molar-refractivity contribution in [1.29, 1.82) is 0 Å². The molecule has 0 aromatic rings. The molecule has 0 heterocycles. The highest BCUT2D eigenvalue weighted by atomic mass is 28.4. The summed E-state index contributed by atoms with van der Waals surface area (Å²) in [5, 5.41) is 0.0467. The molecule has 0 unspecified atom stereocenters. The molecule has 5 heteroatoms. The van der Waals surface area contributed by atoms with E-state index in [-0.39, 0.29) is 16.0 Å². The van der Waals surface area contributed by atoms with Gasteiger partial charge in [-0.2, -0.15) is 0 Å². The zero-order valence-corrected chi connectivity index (χ0v) is 19.2. The summed E-state index contributed by atoms with van der Waals surface area (Å²) in [7, 11) is -4.20. The largest absolute Gasteiger partial charge is 0.539 e. The van der Waals surface area contributed by atoms with Crippen LogP contribution in [-0.2, 0) is 13.6 Å². The van der Waals surface area contributed by atoms with Crippen LogP contribution in [0.2, 0.25) is 36.3 Å². The normalized spacial score (nSPS) is 14.7. The van der Waals surface area contributed by atoms with E-state index in [0.29, 0.717) is 5.76 Å². The highest BCUT2D eigenvalue weighted by molar-refractivity contribution is 6.76. The van der Waals surface area contributed by atoms with Gasteiger partial charge in [-0.25, -0.2) is 4.79 Å². The standard InChI is InChI=1S/C18H38O3Si2/c1-12-13-14-15(20-22(8,9)17(2,3)4)16(19)21-23(10,11)18(5,6)7/h14H,12-13H2,1-11H3/b15-14-. The third-order valence-corrected chi connectivity index (χ3v) is 13.8. The van der Waals surface area contributed by atoms with Gasteiger partial charge in [-0.05, 0) is 48.8 Å². The fraction of sp³-hybridized carbons (Fsp3) is 0.833. The molecular weight excluding hydrogens is 320 g/mol. The summed E-state index contributed by atoms with van der Waals surface area (Å²) in [6.45, 7) is 23.5. The van der Waals surface area contributed by atoms with Crippen LogP contribution in [0.4, 0.5) is 0 Å². The van der Waals surface area contributed by atoms with E-state index in [1.165, 1.54) is 0 Å². The molecule has 0 bridgehead atoms. The Kier molecular flexibility index (Phi) is 7.37. The summed E-state index contributed by atoms with van der Waals surface area (Å²) < 4.78 is 12.2. The molecule has 0 atom stereocenters. The molecule has 0 aliphatic rings. The summed E-state index contributed by atoms with van der Waals surface area (Å²) in [4.78, 5) is 12.8. The highest BCUT2D eigenvalue weighted by Crippen LogP contribution is 2.40. The first-order valence-corrected chi connectivity index (χ1v) is 14.5. The fourth-order valence-electron chi connectivity index (χ4n) is 1.31. The minimum atomic E-state index is -2.15. The van der Waals surface area contributed by atoms with Crippen molar-refractivity contribution in [2.24, 2.45) is 0 Å². The highest BCUT2D eigenvalue weighted by Gasteiger charge is 2.43.